The zero-order chi connectivity index (χ0) is 13.3. The Morgan fingerprint density at radius 3 is 2.28 bits per heavy atom. The van der Waals surface area contributed by atoms with Crippen molar-refractivity contribution in [2.45, 2.75) is 13.0 Å². The Labute approximate surface area is 110 Å². The predicted molar refractivity (Wildman–Crippen MR) is 64.8 cm³/mol. The number of rotatable bonds is 3. The zero-order valence-corrected chi connectivity index (χ0v) is 10.9. The number of furan rings is 1. The van der Waals surface area contributed by atoms with Crippen LogP contribution in [0.1, 0.15) is 18.7 Å². The molecule has 1 unspecified atom stereocenters. The van der Waals surface area contributed by atoms with Crippen LogP contribution in [-0.2, 0) is 0 Å². The number of nitrogens with one attached hydrogen (secondary N) is 1. The maximum Gasteiger partial charge on any atom is 0.169 e. The van der Waals surface area contributed by atoms with E-state index in [-0.39, 0.29) is 5.69 Å². The summed E-state index contributed by atoms with van der Waals surface area (Å²) in [4.78, 5) is 0. The van der Waals surface area contributed by atoms with E-state index in [2.05, 4.69) is 21.2 Å². The first-order chi connectivity index (χ1) is 8.47. The van der Waals surface area contributed by atoms with Crippen LogP contribution >= 0.6 is 15.9 Å². The molecule has 0 amide bonds. The van der Waals surface area contributed by atoms with Gasteiger partial charge in [-0.3, -0.25) is 0 Å². The third-order valence-electron chi connectivity index (χ3n) is 2.39. The molecule has 2 rings (SSSR count). The van der Waals surface area contributed by atoms with E-state index in [0.717, 1.165) is 0 Å². The minimum absolute atomic E-state index is 0.378. The van der Waals surface area contributed by atoms with Crippen LogP contribution in [0.15, 0.2) is 33.4 Å². The van der Waals surface area contributed by atoms with Gasteiger partial charge < -0.3 is 9.73 Å². The van der Waals surface area contributed by atoms with Gasteiger partial charge in [0.2, 0.25) is 0 Å². The van der Waals surface area contributed by atoms with Gasteiger partial charge in [-0.05, 0) is 35.0 Å². The van der Waals surface area contributed by atoms with Crippen molar-refractivity contribution < 1.29 is 17.6 Å². The summed E-state index contributed by atoms with van der Waals surface area (Å²) in [5.74, 6) is -2.41. The van der Waals surface area contributed by atoms with E-state index in [0.29, 0.717) is 22.6 Å². The summed E-state index contributed by atoms with van der Waals surface area (Å²) in [6, 6.07) is 4.13. The average molecular weight is 320 g/mol. The second kappa shape index (κ2) is 5.06. The molecule has 0 spiro atoms. The van der Waals surface area contributed by atoms with Gasteiger partial charge in [0.15, 0.2) is 16.3 Å². The highest BCUT2D eigenvalue weighted by Crippen LogP contribution is 2.27. The van der Waals surface area contributed by atoms with Gasteiger partial charge >= 0.3 is 0 Å². The SMILES string of the molecule is CC(Nc1c(F)cc(F)cc1F)c1ccc(Br)o1. The standard InChI is InChI=1S/C12H9BrF3NO/c1-6(10-2-3-11(13)18-10)17-12-8(15)4-7(14)5-9(12)16/h2-6,17H,1H3. The van der Waals surface area contributed by atoms with Gasteiger partial charge in [0.1, 0.15) is 17.3 Å². The Balaban J connectivity index is 2.24. The van der Waals surface area contributed by atoms with Crippen LogP contribution in [0, 0.1) is 17.5 Å². The Morgan fingerprint density at radius 2 is 1.78 bits per heavy atom. The van der Waals surface area contributed by atoms with E-state index in [4.69, 9.17) is 4.42 Å². The monoisotopic (exact) mass is 319 g/mol. The van der Waals surface area contributed by atoms with Crippen molar-refractivity contribution in [2.75, 3.05) is 5.32 Å². The van der Waals surface area contributed by atoms with Crippen molar-refractivity contribution in [3.05, 3.63) is 52.1 Å². The molecule has 0 aliphatic rings. The normalized spacial score (nSPS) is 12.5. The molecule has 0 saturated carbocycles. The van der Waals surface area contributed by atoms with Crippen molar-refractivity contribution in [3.63, 3.8) is 0 Å². The van der Waals surface area contributed by atoms with Crippen LogP contribution in [0.25, 0.3) is 0 Å². The number of hydrogen-bond donors (Lipinski definition) is 1. The molecule has 1 aromatic carbocycles. The van der Waals surface area contributed by atoms with Crippen molar-refractivity contribution in [1.29, 1.82) is 0 Å². The molecule has 0 saturated heterocycles. The van der Waals surface area contributed by atoms with Crippen molar-refractivity contribution in [3.8, 4) is 0 Å². The van der Waals surface area contributed by atoms with Gasteiger partial charge in [0.25, 0.3) is 0 Å². The molecule has 2 nitrogen and oxygen atoms in total. The summed E-state index contributed by atoms with van der Waals surface area (Å²) in [6.07, 6.45) is 0. The molecule has 1 heterocycles. The van der Waals surface area contributed by atoms with Gasteiger partial charge in [-0.15, -0.1) is 0 Å². The minimum Gasteiger partial charge on any atom is -0.452 e. The summed E-state index contributed by atoms with van der Waals surface area (Å²) < 4.78 is 45.3. The molecule has 1 aromatic heterocycles. The van der Waals surface area contributed by atoms with Crippen LogP contribution in [-0.4, -0.2) is 0 Å². The Hall–Kier alpha value is -1.43. The lowest BCUT2D eigenvalue weighted by atomic mass is 10.2. The lowest BCUT2D eigenvalue weighted by molar-refractivity contribution is 0.468. The molecule has 0 aliphatic carbocycles. The second-order valence-corrected chi connectivity index (χ2v) is 4.53. The average Bonchev–Trinajstić information content (AvgIpc) is 2.70. The van der Waals surface area contributed by atoms with Crippen LogP contribution in [0.3, 0.4) is 0 Å². The summed E-state index contributed by atoms with van der Waals surface area (Å²) in [5, 5.41) is 2.60. The van der Waals surface area contributed by atoms with Gasteiger partial charge in [-0.25, -0.2) is 13.2 Å². The minimum atomic E-state index is -0.982. The lowest BCUT2D eigenvalue weighted by Crippen LogP contribution is -2.09. The second-order valence-electron chi connectivity index (χ2n) is 3.75. The lowest BCUT2D eigenvalue weighted by Gasteiger charge is -2.14. The summed E-state index contributed by atoms with van der Waals surface area (Å²) in [5.41, 5.74) is -0.378. The molecule has 0 radical (unpaired) electrons. The van der Waals surface area contributed by atoms with Crippen LogP contribution < -0.4 is 5.32 Å². The van der Waals surface area contributed by atoms with Crippen LogP contribution in [0.5, 0.6) is 0 Å². The maximum atomic E-state index is 13.4. The highest BCUT2D eigenvalue weighted by atomic mass is 79.9. The fourth-order valence-corrected chi connectivity index (χ4v) is 1.85. The predicted octanol–water partition coefficient (Wildman–Crippen LogP) is 4.63. The van der Waals surface area contributed by atoms with Gasteiger partial charge in [0.05, 0.1) is 6.04 Å². The third-order valence-corrected chi connectivity index (χ3v) is 2.81. The first-order valence-corrected chi connectivity index (χ1v) is 5.93. The fourth-order valence-electron chi connectivity index (χ4n) is 1.53. The Kier molecular flexibility index (Phi) is 3.65. The number of hydrogen-bond acceptors (Lipinski definition) is 2. The summed E-state index contributed by atoms with van der Waals surface area (Å²) >= 11 is 3.13. The quantitative estimate of drug-likeness (QED) is 0.892. The van der Waals surface area contributed by atoms with Crippen LogP contribution in [0.2, 0.25) is 0 Å². The molecule has 1 atom stereocenters. The van der Waals surface area contributed by atoms with Crippen LogP contribution in [0.4, 0.5) is 18.9 Å². The molecule has 18 heavy (non-hydrogen) atoms. The topological polar surface area (TPSA) is 25.2 Å². The van der Waals surface area contributed by atoms with Crippen molar-refractivity contribution >= 4 is 21.6 Å². The molecule has 0 fully saturated rings. The largest absolute Gasteiger partial charge is 0.452 e. The summed E-state index contributed by atoms with van der Waals surface area (Å²) in [6.45, 7) is 1.67. The third kappa shape index (κ3) is 2.69. The van der Waals surface area contributed by atoms with E-state index < -0.39 is 23.5 Å². The first-order valence-electron chi connectivity index (χ1n) is 5.13. The molecule has 6 heteroatoms. The van der Waals surface area contributed by atoms with Gasteiger partial charge in [-0.2, -0.15) is 0 Å². The fraction of sp³-hybridized carbons (Fsp3) is 0.167. The number of halogens is 4. The highest BCUT2D eigenvalue weighted by molar-refractivity contribution is 9.10. The molecule has 0 aliphatic heterocycles. The highest BCUT2D eigenvalue weighted by Gasteiger charge is 2.16. The van der Waals surface area contributed by atoms with E-state index in [1.54, 1.807) is 19.1 Å². The summed E-state index contributed by atoms with van der Waals surface area (Å²) in [7, 11) is 0. The Morgan fingerprint density at radius 1 is 1.17 bits per heavy atom. The van der Waals surface area contributed by atoms with E-state index >= 15 is 0 Å². The van der Waals surface area contributed by atoms with Crippen molar-refractivity contribution in [2.24, 2.45) is 0 Å². The number of benzene rings is 1. The van der Waals surface area contributed by atoms with E-state index in [1.807, 2.05) is 0 Å². The molecule has 0 bridgehead atoms. The van der Waals surface area contributed by atoms with E-state index in [9.17, 15) is 13.2 Å². The van der Waals surface area contributed by atoms with Gasteiger partial charge in [-0.1, -0.05) is 0 Å². The van der Waals surface area contributed by atoms with Gasteiger partial charge in [0, 0.05) is 12.1 Å². The molecule has 1 N–H and O–H groups in total. The Bertz CT molecular complexity index is 547. The molecular formula is C12H9BrF3NO. The van der Waals surface area contributed by atoms with E-state index in [1.165, 1.54) is 0 Å². The molecular weight excluding hydrogens is 311 g/mol. The number of anilines is 1. The molecule has 2 aromatic rings. The maximum absolute atomic E-state index is 13.4. The smallest absolute Gasteiger partial charge is 0.169 e. The van der Waals surface area contributed by atoms with Crippen molar-refractivity contribution in [1.82, 2.24) is 0 Å². The zero-order valence-electron chi connectivity index (χ0n) is 9.31. The first kappa shape index (κ1) is 13.0. The molecule has 96 valence electrons.